The van der Waals surface area contributed by atoms with E-state index >= 15 is 0 Å². The number of imide groups is 2. The minimum absolute atomic E-state index is 0.00849. The number of hydrogen-bond acceptors (Lipinski definition) is 13. The molecule has 1 atom stereocenters. The lowest BCUT2D eigenvalue weighted by Crippen LogP contribution is -2.54. The van der Waals surface area contributed by atoms with E-state index < -0.39 is 39.7 Å². The molecule has 2 N–H and O–H groups in total. The van der Waals surface area contributed by atoms with Gasteiger partial charge in [-0.15, -0.1) is 0 Å². The van der Waals surface area contributed by atoms with E-state index in [0.717, 1.165) is 113 Å². The molecule has 1 unspecified atom stereocenters. The zero-order valence-electron chi connectivity index (χ0n) is 37.4. The summed E-state index contributed by atoms with van der Waals surface area (Å²) in [5.41, 5.74) is 4.10. The molecule has 4 heterocycles. The summed E-state index contributed by atoms with van der Waals surface area (Å²) < 4.78 is 43.2. The number of piperazine rings is 1. The number of piperidine rings is 1. The molecule has 0 bridgehead atoms. The number of sulfonamides is 1. The summed E-state index contributed by atoms with van der Waals surface area (Å²) in [7, 11) is -3.47. The number of ether oxygens (including phenoxy) is 3. The molecule has 3 aromatic carbocycles. The highest BCUT2D eigenvalue weighted by Crippen LogP contribution is 2.34. The molecule has 65 heavy (non-hydrogen) atoms. The van der Waals surface area contributed by atoms with Gasteiger partial charge in [0.25, 0.3) is 11.8 Å². The first-order valence-corrected chi connectivity index (χ1v) is 24.3. The Hall–Kier alpha value is -5.91. The molecule has 2 saturated heterocycles. The fourth-order valence-corrected chi connectivity index (χ4v) is 8.79. The Morgan fingerprint density at radius 1 is 0.754 bits per heavy atom. The number of benzene rings is 3. The van der Waals surface area contributed by atoms with Gasteiger partial charge in [-0.1, -0.05) is 57.4 Å². The normalized spacial score (nSPS) is 17.0. The highest BCUT2D eigenvalue weighted by Gasteiger charge is 2.44. The molecule has 3 aliphatic heterocycles. The molecule has 0 aliphatic carbocycles. The van der Waals surface area contributed by atoms with Crippen molar-refractivity contribution in [2.45, 2.75) is 83.3 Å². The minimum Gasteiger partial charge on any atom is -0.494 e. The van der Waals surface area contributed by atoms with E-state index in [1.807, 2.05) is 42.5 Å². The van der Waals surface area contributed by atoms with Crippen molar-refractivity contribution in [3.8, 4) is 11.5 Å². The summed E-state index contributed by atoms with van der Waals surface area (Å²) in [5, 5.41) is 2.24. The van der Waals surface area contributed by atoms with Gasteiger partial charge < -0.3 is 19.1 Å². The number of carbonyl (C=O) groups is 4. The standard InChI is InChI=1S/C48H59N7O9S/c1-48(2,35-12-17-39(18-13-35)64-33-36-22-23-49-47(50-36)52-65(3,60)61)34-10-15-38(16-11-34)63-31-8-6-4-5-7-29-62-30-9-24-53-25-27-54(28-26-53)37-14-19-40-41(32-37)46(59)55(45(40)58)42-20-21-43(56)51-44(42)57/h10-19,22-23,32,42H,4-9,20-21,24-31,33H2,1-3H3,(H,49,50,52)(H,51,56,57). The summed E-state index contributed by atoms with van der Waals surface area (Å²) >= 11 is 0. The van der Waals surface area contributed by atoms with Gasteiger partial charge >= 0.3 is 0 Å². The van der Waals surface area contributed by atoms with Crippen LogP contribution in [0.25, 0.3) is 0 Å². The smallest absolute Gasteiger partial charge is 0.262 e. The summed E-state index contributed by atoms with van der Waals surface area (Å²) in [6, 6.07) is 22.3. The lowest BCUT2D eigenvalue weighted by atomic mass is 9.78. The first-order valence-electron chi connectivity index (χ1n) is 22.4. The Labute approximate surface area is 381 Å². The van der Waals surface area contributed by atoms with E-state index in [1.54, 1.807) is 18.2 Å². The lowest BCUT2D eigenvalue weighted by molar-refractivity contribution is -0.136. The van der Waals surface area contributed by atoms with E-state index in [9.17, 15) is 27.6 Å². The summed E-state index contributed by atoms with van der Waals surface area (Å²) in [6.07, 6.45) is 9.16. The molecule has 0 spiro atoms. The maximum Gasteiger partial charge on any atom is 0.262 e. The van der Waals surface area contributed by atoms with Crippen LogP contribution in [0.5, 0.6) is 11.5 Å². The van der Waals surface area contributed by atoms with Crippen LogP contribution in [0, 0.1) is 0 Å². The van der Waals surface area contributed by atoms with Crippen molar-refractivity contribution in [3.05, 3.63) is 107 Å². The van der Waals surface area contributed by atoms with Crippen LogP contribution >= 0.6 is 0 Å². The van der Waals surface area contributed by atoms with Crippen LogP contribution in [-0.4, -0.2) is 117 Å². The maximum atomic E-state index is 13.3. The van der Waals surface area contributed by atoms with Crippen LogP contribution in [0.2, 0.25) is 0 Å². The van der Waals surface area contributed by atoms with Crippen molar-refractivity contribution in [2.75, 3.05) is 68.4 Å². The van der Waals surface area contributed by atoms with Crippen molar-refractivity contribution in [1.29, 1.82) is 0 Å². The van der Waals surface area contributed by atoms with Crippen molar-refractivity contribution < 1.29 is 41.8 Å². The summed E-state index contributed by atoms with van der Waals surface area (Å²) in [6.45, 7) is 11.1. The van der Waals surface area contributed by atoms with Crippen LogP contribution < -0.4 is 24.4 Å². The molecule has 4 aromatic rings. The van der Waals surface area contributed by atoms with Crippen molar-refractivity contribution in [1.82, 2.24) is 25.1 Å². The van der Waals surface area contributed by atoms with Crippen molar-refractivity contribution in [2.24, 2.45) is 0 Å². The molecule has 0 radical (unpaired) electrons. The summed E-state index contributed by atoms with van der Waals surface area (Å²) in [5.74, 6) is -0.421. The van der Waals surface area contributed by atoms with Crippen LogP contribution in [-0.2, 0) is 36.4 Å². The molecule has 1 aromatic heterocycles. The van der Waals surface area contributed by atoms with Crippen LogP contribution in [0.1, 0.15) is 103 Å². The van der Waals surface area contributed by atoms with Crippen LogP contribution in [0.15, 0.2) is 79.0 Å². The van der Waals surface area contributed by atoms with Gasteiger partial charge in [-0.3, -0.25) is 39.0 Å². The highest BCUT2D eigenvalue weighted by molar-refractivity contribution is 7.92. The molecular formula is C48H59N7O9S. The Kier molecular flexibility index (Phi) is 15.5. The number of nitrogens with one attached hydrogen (secondary N) is 2. The number of nitrogens with zero attached hydrogens (tertiary/aromatic N) is 5. The van der Waals surface area contributed by atoms with Crippen LogP contribution in [0.3, 0.4) is 0 Å². The molecular weight excluding hydrogens is 851 g/mol. The van der Waals surface area contributed by atoms with E-state index in [-0.39, 0.29) is 30.8 Å². The quantitative estimate of drug-likeness (QED) is 0.0721. The molecule has 16 nitrogen and oxygen atoms in total. The number of rotatable bonds is 22. The van der Waals surface area contributed by atoms with Crippen molar-refractivity contribution in [3.63, 3.8) is 0 Å². The molecule has 0 saturated carbocycles. The highest BCUT2D eigenvalue weighted by atomic mass is 32.2. The molecule has 346 valence electrons. The van der Waals surface area contributed by atoms with Gasteiger partial charge in [0.1, 0.15) is 24.1 Å². The lowest BCUT2D eigenvalue weighted by Gasteiger charge is -2.36. The largest absolute Gasteiger partial charge is 0.494 e. The Bertz CT molecular complexity index is 2420. The van der Waals surface area contributed by atoms with E-state index in [1.165, 1.54) is 11.8 Å². The third-order valence-corrected chi connectivity index (χ3v) is 12.7. The third kappa shape index (κ3) is 12.5. The third-order valence-electron chi connectivity index (χ3n) is 12.2. The van der Waals surface area contributed by atoms with E-state index in [0.29, 0.717) is 29.2 Å². The maximum absolute atomic E-state index is 13.3. The number of aromatic nitrogens is 2. The SMILES string of the molecule is CC(C)(c1ccc(OCCCCCCCOCCCN2CCN(c3ccc4c(c3)C(=O)N(C3CCC(=O)NC3=O)C4=O)CC2)cc1)c1ccc(OCc2ccnc(NS(C)(=O)=O)n2)cc1. The molecule has 2 fully saturated rings. The summed E-state index contributed by atoms with van der Waals surface area (Å²) in [4.78, 5) is 64.1. The number of carbonyl (C=O) groups excluding carboxylic acids is 4. The van der Waals surface area contributed by atoms with Gasteiger partial charge in [-0.25, -0.2) is 18.4 Å². The second-order valence-corrected chi connectivity index (χ2v) is 19.0. The Morgan fingerprint density at radius 3 is 2.06 bits per heavy atom. The monoisotopic (exact) mass is 909 g/mol. The predicted octanol–water partition coefficient (Wildman–Crippen LogP) is 5.71. The Morgan fingerprint density at radius 2 is 1.38 bits per heavy atom. The van der Waals surface area contributed by atoms with Crippen LogP contribution in [0.4, 0.5) is 11.6 Å². The average Bonchev–Trinajstić information content (AvgIpc) is 3.53. The molecule has 3 aliphatic rings. The second-order valence-electron chi connectivity index (χ2n) is 17.3. The van der Waals surface area contributed by atoms with Gasteiger partial charge in [0, 0.05) is 69.7 Å². The fraction of sp³-hybridized carbons (Fsp3) is 0.458. The Balaban J connectivity index is 0.710. The van der Waals surface area contributed by atoms with Gasteiger partial charge in [-0.2, -0.15) is 0 Å². The minimum atomic E-state index is -3.47. The number of anilines is 2. The first kappa shape index (κ1) is 47.1. The topological polar surface area (TPSA) is 190 Å². The van der Waals surface area contributed by atoms with Gasteiger partial charge in [-0.05, 0) is 85.3 Å². The number of amides is 4. The first-order chi connectivity index (χ1) is 31.2. The average molecular weight is 910 g/mol. The number of fused-ring (bicyclic) bond motifs is 1. The van der Waals surface area contributed by atoms with E-state index in [2.05, 4.69) is 55.8 Å². The molecule has 4 amide bonds. The molecule has 17 heteroatoms. The van der Waals surface area contributed by atoms with Gasteiger partial charge in [0.05, 0.1) is 29.7 Å². The zero-order valence-corrected chi connectivity index (χ0v) is 38.2. The fourth-order valence-electron chi connectivity index (χ4n) is 8.36. The van der Waals surface area contributed by atoms with Crippen molar-refractivity contribution >= 4 is 45.3 Å². The van der Waals surface area contributed by atoms with Gasteiger partial charge in [0.2, 0.25) is 27.8 Å². The second kappa shape index (κ2) is 21.4. The number of unbranched alkanes of at least 4 members (excludes halogenated alkanes) is 4. The van der Waals surface area contributed by atoms with E-state index in [4.69, 9.17) is 14.2 Å². The number of hydrogen-bond donors (Lipinski definition) is 2. The van der Waals surface area contributed by atoms with Gasteiger partial charge in [0.15, 0.2) is 0 Å². The zero-order chi connectivity index (χ0) is 46.0. The molecule has 7 rings (SSSR count). The predicted molar refractivity (Wildman–Crippen MR) is 246 cm³/mol.